The zero-order valence-electron chi connectivity index (χ0n) is 63.4. The van der Waals surface area contributed by atoms with Crippen LogP contribution in [0, 0.1) is 5.92 Å². The van der Waals surface area contributed by atoms with Gasteiger partial charge in [0.25, 0.3) is 0 Å². The Morgan fingerprint density at radius 1 is 0.448 bits per heavy atom. The van der Waals surface area contributed by atoms with Crippen molar-refractivity contribution >= 4 is 136 Å². The fourth-order valence-corrected chi connectivity index (χ4v) is 10.8. The number of H-pyrrole nitrogens is 1. The van der Waals surface area contributed by atoms with E-state index in [1.54, 1.807) is 0 Å². The first kappa shape index (κ1) is 99.0. The molecule has 0 radical (unpaired) electrons. The number of unbranched alkanes of at least 4 members (excludes halogenated alkanes) is 1. The van der Waals surface area contributed by atoms with Gasteiger partial charge in [-0.3, -0.25) is 105 Å². The number of aromatic amines is 1. The molecule has 1 aliphatic heterocycles. The zero-order chi connectivity index (χ0) is 87.6. The fourth-order valence-electron chi connectivity index (χ4n) is 10.8. The number of carboxylic acids is 6. The minimum absolute atomic E-state index is 0.000734. The molecule has 1 aromatic heterocycles. The van der Waals surface area contributed by atoms with Crippen LogP contribution >= 0.6 is 0 Å². The van der Waals surface area contributed by atoms with E-state index in [0.717, 1.165) is 11.8 Å². The van der Waals surface area contributed by atoms with Crippen molar-refractivity contribution in [2.45, 2.75) is 209 Å². The molecule has 1 saturated heterocycles. The molecule has 2 heterocycles. The molecule has 1 aliphatic rings. The van der Waals surface area contributed by atoms with E-state index in [1.807, 2.05) is 5.32 Å². The van der Waals surface area contributed by atoms with E-state index in [-0.39, 0.29) is 50.9 Å². The molecule has 116 heavy (non-hydrogen) atoms. The van der Waals surface area contributed by atoms with Crippen LogP contribution in [0.1, 0.15) is 136 Å². The van der Waals surface area contributed by atoms with Gasteiger partial charge in [-0.15, -0.1) is 0 Å². The number of carboxylic acid groups (broad SMARTS) is 6. The molecule has 0 saturated carbocycles. The molecule has 50 heteroatoms. The molecule has 0 spiro atoms. The van der Waals surface area contributed by atoms with E-state index in [0.29, 0.717) is 6.42 Å². The largest absolute Gasteiger partial charge is 0.481 e. The van der Waals surface area contributed by atoms with Crippen LogP contribution in [-0.2, 0) is 117 Å². The molecule has 50 nitrogen and oxygen atoms in total. The second-order valence-corrected chi connectivity index (χ2v) is 26.7. The Balaban J connectivity index is 2.21. The highest BCUT2D eigenvalue weighted by molar-refractivity contribution is 6.01. The minimum atomic E-state index is -2.11. The summed E-state index contributed by atoms with van der Waals surface area (Å²) in [7, 11) is 0. The molecular weight excluding hydrogens is 1550 g/mol. The van der Waals surface area contributed by atoms with Gasteiger partial charge in [0.1, 0.15) is 66.5 Å². The predicted molar refractivity (Wildman–Crippen MR) is 389 cm³/mol. The number of primary amides is 2. The van der Waals surface area contributed by atoms with Gasteiger partial charge in [-0.1, -0.05) is 13.8 Å². The van der Waals surface area contributed by atoms with Crippen LogP contribution in [0.15, 0.2) is 12.5 Å². The van der Waals surface area contributed by atoms with Crippen molar-refractivity contribution < 1.29 is 141 Å². The minimum Gasteiger partial charge on any atom is -0.481 e. The lowest BCUT2D eigenvalue weighted by Gasteiger charge is -2.26. The normalized spacial score (nSPS) is 15.0. The van der Waals surface area contributed by atoms with Crippen LogP contribution in [-0.4, -0.2) is 294 Å². The first-order chi connectivity index (χ1) is 54.4. The van der Waals surface area contributed by atoms with Crippen LogP contribution in [0.4, 0.5) is 0 Å². The third kappa shape index (κ3) is 38.4. The third-order valence-electron chi connectivity index (χ3n) is 17.0. The highest BCUT2D eigenvalue weighted by Crippen LogP contribution is 2.18. The van der Waals surface area contributed by atoms with E-state index in [9.17, 15) is 136 Å². The zero-order valence-corrected chi connectivity index (χ0v) is 63.4. The molecule has 0 aromatic carbocycles. The number of aliphatic carboxylic acids is 6. The van der Waals surface area contributed by atoms with Gasteiger partial charge < -0.3 is 138 Å². The van der Waals surface area contributed by atoms with Crippen molar-refractivity contribution in [2.75, 3.05) is 39.3 Å². The smallest absolute Gasteiger partial charge is 0.326 e. The number of aromatic nitrogens is 2. The molecule has 1 fully saturated rings. The van der Waals surface area contributed by atoms with Crippen LogP contribution in [0.25, 0.3) is 0 Å². The predicted octanol–water partition coefficient (Wildman–Crippen LogP) is -11.5. The highest BCUT2D eigenvalue weighted by atomic mass is 16.4. The average molecular weight is 1650 g/mol. The second kappa shape index (κ2) is 50.8. The number of amides is 17. The summed E-state index contributed by atoms with van der Waals surface area (Å²) in [5.74, 6) is -28.8. The number of hydrogen-bond donors (Lipinski definition) is 25. The summed E-state index contributed by atoms with van der Waals surface area (Å²) < 4.78 is 0. The highest BCUT2D eigenvalue weighted by Gasteiger charge is 2.39. The van der Waals surface area contributed by atoms with Gasteiger partial charge >= 0.3 is 35.8 Å². The lowest BCUT2D eigenvalue weighted by molar-refractivity contribution is -0.143. The maximum atomic E-state index is 13.8. The van der Waals surface area contributed by atoms with Crippen molar-refractivity contribution in [3.8, 4) is 0 Å². The van der Waals surface area contributed by atoms with Gasteiger partial charge in [0.05, 0.1) is 57.1 Å². The Bertz CT molecular complexity index is 3730. The van der Waals surface area contributed by atoms with E-state index < -0.39 is 318 Å². The van der Waals surface area contributed by atoms with Crippen LogP contribution in [0.5, 0.6) is 0 Å². The molecule has 0 unspecified atom stereocenters. The van der Waals surface area contributed by atoms with Crippen molar-refractivity contribution in [3.05, 3.63) is 18.2 Å². The van der Waals surface area contributed by atoms with E-state index in [1.165, 1.54) is 26.4 Å². The van der Waals surface area contributed by atoms with E-state index >= 15 is 0 Å². The van der Waals surface area contributed by atoms with Gasteiger partial charge in [-0.25, -0.2) is 9.78 Å². The van der Waals surface area contributed by atoms with Crippen LogP contribution < -0.4 is 97.4 Å². The van der Waals surface area contributed by atoms with Crippen LogP contribution in [0.3, 0.4) is 0 Å². The summed E-state index contributed by atoms with van der Waals surface area (Å²) in [4.78, 5) is 303. The Hall–Kier alpha value is -13.1. The Morgan fingerprint density at radius 3 is 1.34 bits per heavy atom. The number of carbonyl (C=O) groups excluding carboxylic acids is 17. The summed E-state index contributed by atoms with van der Waals surface area (Å²) in [6.45, 7) is 0.433. The van der Waals surface area contributed by atoms with E-state index in [4.69, 9.17) is 28.0 Å². The molecule has 1 aromatic rings. The molecule has 29 N–H and O–H groups in total. The summed E-state index contributed by atoms with van der Waals surface area (Å²) in [5, 5.41) is 87.8. The maximum Gasteiger partial charge on any atom is 0.326 e. The number of nitrogens with one attached hydrogen (secondary N) is 15. The summed E-state index contributed by atoms with van der Waals surface area (Å²) in [6, 6.07) is -20.2. The lowest BCUT2D eigenvalue weighted by Crippen LogP contribution is -2.59. The average Bonchev–Trinajstić information content (AvgIpc) is 1.64. The number of carbonyl (C=O) groups is 23. The number of nitrogens with two attached hydrogens (primary N) is 4. The summed E-state index contributed by atoms with van der Waals surface area (Å²) in [5.41, 5.74) is 21.8. The van der Waals surface area contributed by atoms with Gasteiger partial charge in [-0.2, -0.15) is 0 Å². The first-order valence-electron chi connectivity index (χ1n) is 36.2. The topological polar surface area (TPSA) is 818 Å². The number of likely N-dealkylation sites (tertiary alicyclic amines) is 1. The van der Waals surface area contributed by atoms with Gasteiger partial charge in [0.15, 0.2) is 0 Å². The Morgan fingerprint density at radius 2 is 0.862 bits per heavy atom. The van der Waals surface area contributed by atoms with Crippen molar-refractivity contribution in [1.82, 2.24) is 89.3 Å². The molecular formula is C66H101N21O29. The fraction of sp³-hybridized carbons (Fsp3) is 0.606. The quantitative estimate of drug-likeness (QED) is 0.0269. The lowest BCUT2D eigenvalue weighted by atomic mass is 10.0. The van der Waals surface area contributed by atoms with Gasteiger partial charge in [-0.05, 0) is 83.6 Å². The van der Waals surface area contributed by atoms with Crippen LogP contribution in [0.2, 0.25) is 0 Å². The van der Waals surface area contributed by atoms with Gasteiger partial charge in [0.2, 0.25) is 100 Å². The number of nitrogens with zero attached hydrogens (tertiary/aromatic N) is 2. The SMILES string of the molecule is CC(C)[C@H](NC(=O)CNC(=O)[C@@H](N)CCC(=O)O)C(=O)N[C@@H](CC(=O)O)C(=O)N[C@@H](C)C(=O)N[C@@H](CCC(=O)O)C(=O)N[C@@H](CC(=O)O)C(=O)NCC(=O)N[C@@H](Cc1c[nH]cn1)C(=O)NCC(=O)N1CCC[C@H]1C(=O)NCC(=O)N[C@@H](CCC(=O)O)C(=O)N[C@@H](CCC(N)=O)C(=O)N[C@@H](CCC(N)=O)C(=O)N[C@@H](CCCCN)C(=O)O. The number of rotatable bonds is 56. The molecule has 2 rings (SSSR count). The third-order valence-corrected chi connectivity index (χ3v) is 17.0. The van der Waals surface area contributed by atoms with Crippen molar-refractivity contribution in [2.24, 2.45) is 28.9 Å². The molecule has 17 amide bonds. The maximum absolute atomic E-state index is 13.8. The monoisotopic (exact) mass is 1650 g/mol. The molecule has 0 bridgehead atoms. The number of hydrogen-bond acceptors (Lipinski definition) is 26. The van der Waals surface area contributed by atoms with Crippen molar-refractivity contribution in [1.29, 1.82) is 0 Å². The number of imidazole rings is 1. The van der Waals surface area contributed by atoms with Gasteiger partial charge in [0, 0.05) is 51.3 Å². The Kier molecular flexibility index (Phi) is 43.4. The molecule has 644 valence electrons. The first-order valence-corrected chi connectivity index (χ1v) is 36.2. The molecule has 0 aliphatic carbocycles. The summed E-state index contributed by atoms with van der Waals surface area (Å²) >= 11 is 0. The van der Waals surface area contributed by atoms with Crippen molar-refractivity contribution in [3.63, 3.8) is 0 Å². The Labute approximate surface area is 659 Å². The second-order valence-electron chi connectivity index (χ2n) is 26.7. The standard InChI is InChI=1S/C66H101N21O29/c1-30(2)54(86-47(92)27-72-56(105)33(68)9-16-49(94)95)65(114)85-41(23-53(102)103)63(112)77-31(3)55(104)80-37(13-18-51(98)99)62(111)84-40(22-52(100)101)58(107)73-25-46(91)79-39(21-32-24-71-29-76-32)57(106)75-28-48(93)87-20-6-8-42(87)64(113)74-26-45(90)78-34(12-17-50(96)97)59(108)81-35(10-14-43(69)88)60(109)82-36(11-15-44(70)89)61(110)83-38(66(115)116)7-4-5-19-67/h24,29-31,33-42,54H,4-23,25-28,67-68H2,1-3H3,(H2,69,88)(H2,70,89)(H,71,76)(H,72,105)(H,73,107)(H,74,113)(H,75,106)(H,77,112)(H,78,90)(H,79,91)(H,80,104)(H,81,108)(H,82,109)(H,83,110)(H,84,111)(H,85,114)(H,86,92)(H,94,95)(H,96,97)(H,98,99)(H,100,101)(H,102,103)(H,115,116)/t31-,33-,34-,35-,36-,37-,38-,39-,40-,41-,42-,54-/m0/s1. The van der Waals surface area contributed by atoms with E-state index in [2.05, 4.69) is 79.1 Å². The molecule has 12 atom stereocenters. The summed E-state index contributed by atoms with van der Waals surface area (Å²) in [6.07, 6.45) is -5.35.